The standard InChI is InChI=1S/C13H19N/c1-2-3-4-5-6-7-8-9-10-11-12-13-14/h2-3,5-6,11-12H,4,7-10H2,1H3/b3-2+,6-5+,12-11+. The Labute approximate surface area is 87.4 Å². The zero-order valence-electron chi connectivity index (χ0n) is 8.95. The van der Waals surface area contributed by atoms with Gasteiger partial charge in [0, 0.05) is 6.08 Å². The summed E-state index contributed by atoms with van der Waals surface area (Å²) in [7, 11) is 0. The topological polar surface area (TPSA) is 23.8 Å². The summed E-state index contributed by atoms with van der Waals surface area (Å²) in [5, 5.41) is 8.24. The maximum atomic E-state index is 8.24. The van der Waals surface area contributed by atoms with Gasteiger partial charge in [-0.25, -0.2) is 0 Å². The van der Waals surface area contributed by atoms with Crippen LogP contribution in [0.1, 0.15) is 39.0 Å². The molecule has 0 aromatic heterocycles. The maximum Gasteiger partial charge on any atom is 0.0908 e. The quantitative estimate of drug-likeness (QED) is 0.335. The minimum absolute atomic E-state index is 1.02. The Kier molecular flexibility index (Phi) is 10.6. The van der Waals surface area contributed by atoms with Crippen molar-refractivity contribution < 1.29 is 0 Å². The van der Waals surface area contributed by atoms with Gasteiger partial charge in [0.2, 0.25) is 0 Å². The molecule has 76 valence electrons. The Morgan fingerprint density at radius 1 is 1.00 bits per heavy atom. The van der Waals surface area contributed by atoms with Gasteiger partial charge in [-0.1, -0.05) is 30.4 Å². The van der Waals surface area contributed by atoms with Gasteiger partial charge in [0.25, 0.3) is 0 Å². The van der Waals surface area contributed by atoms with Crippen molar-refractivity contribution in [3.63, 3.8) is 0 Å². The van der Waals surface area contributed by atoms with Gasteiger partial charge in [0.05, 0.1) is 6.07 Å². The lowest BCUT2D eigenvalue weighted by molar-refractivity contribution is 0.761. The maximum absolute atomic E-state index is 8.24. The van der Waals surface area contributed by atoms with Crippen LogP contribution in [-0.4, -0.2) is 0 Å². The Morgan fingerprint density at radius 2 is 1.71 bits per heavy atom. The fraction of sp³-hybridized carbons (Fsp3) is 0.462. The molecule has 0 aromatic carbocycles. The monoisotopic (exact) mass is 189 g/mol. The van der Waals surface area contributed by atoms with Crippen molar-refractivity contribution in [2.24, 2.45) is 0 Å². The fourth-order valence-corrected chi connectivity index (χ4v) is 1.09. The van der Waals surface area contributed by atoms with Gasteiger partial charge in [-0.2, -0.15) is 5.26 Å². The first-order valence-electron chi connectivity index (χ1n) is 5.22. The van der Waals surface area contributed by atoms with Crippen molar-refractivity contribution in [3.05, 3.63) is 36.5 Å². The van der Waals surface area contributed by atoms with Crippen LogP contribution in [0.2, 0.25) is 0 Å². The van der Waals surface area contributed by atoms with E-state index in [1.807, 2.05) is 19.1 Å². The fourth-order valence-electron chi connectivity index (χ4n) is 1.09. The molecule has 1 nitrogen and oxygen atoms in total. The van der Waals surface area contributed by atoms with E-state index >= 15 is 0 Å². The number of allylic oxidation sites excluding steroid dienone is 6. The second-order valence-electron chi connectivity index (χ2n) is 3.09. The molecule has 0 atom stereocenters. The van der Waals surface area contributed by atoms with Crippen LogP contribution in [0.3, 0.4) is 0 Å². The molecule has 0 N–H and O–H groups in total. The molecule has 0 heterocycles. The SMILES string of the molecule is C/C=C/C/C=C/CCCC/C=C/C#N. The lowest BCUT2D eigenvalue weighted by Crippen LogP contribution is -1.72. The van der Waals surface area contributed by atoms with Crippen LogP contribution in [0, 0.1) is 11.3 Å². The first-order valence-corrected chi connectivity index (χ1v) is 5.22. The summed E-state index contributed by atoms with van der Waals surface area (Å²) in [6.45, 7) is 2.04. The number of hydrogen-bond donors (Lipinski definition) is 0. The lowest BCUT2D eigenvalue weighted by atomic mass is 10.1. The molecule has 0 unspecified atom stereocenters. The molecule has 0 radical (unpaired) electrons. The molecule has 0 fully saturated rings. The van der Waals surface area contributed by atoms with Crippen molar-refractivity contribution in [3.8, 4) is 6.07 Å². The van der Waals surface area contributed by atoms with Gasteiger partial charge in [-0.15, -0.1) is 0 Å². The molecular weight excluding hydrogens is 170 g/mol. The van der Waals surface area contributed by atoms with E-state index in [2.05, 4.69) is 24.3 Å². The minimum Gasteiger partial charge on any atom is -0.193 e. The molecule has 0 bridgehead atoms. The summed E-state index contributed by atoms with van der Waals surface area (Å²) >= 11 is 0. The van der Waals surface area contributed by atoms with Crippen LogP contribution in [0.5, 0.6) is 0 Å². The van der Waals surface area contributed by atoms with Crippen LogP contribution in [0.4, 0.5) is 0 Å². The third-order valence-corrected chi connectivity index (χ3v) is 1.86. The normalized spacial score (nSPS) is 11.7. The Bertz CT molecular complexity index is 228. The predicted octanol–water partition coefficient (Wildman–Crippen LogP) is 4.15. The first-order chi connectivity index (χ1) is 6.91. The smallest absolute Gasteiger partial charge is 0.0908 e. The van der Waals surface area contributed by atoms with Gasteiger partial charge in [-0.3, -0.25) is 0 Å². The summed E-state index contributed by atoms with van der Waals surface area (Å²) in [5.41, 5.74) is 0. The molecule has 0 aromatic rings. The summed E-state index contributed by atoms with van der Waals surface area (Å²) in [6, 6.07) is 1.99. The number of hydrogen-bond acceptors (Lipinski definition) is 1. The average molecular weight is 189 g/mol. The zero-order chi connectivity index (χ0) is 10.5. The number of rotatable bonds is 7. The molecule has 0 saturated heterocycles. The van der Waals surface area contributed by atoms with Crippen molar-refractivity contribution in [1.82, 2.24) is 0 Å². The highest BCUT2D eigenvalue weighted by molar-refractivity contribution is 5.01. The third kappa shape index (κ3) is 10.7. The third-order valence-electron chi connectivity index (χ3n) is 1.86. The molecule has 1 heteroatoms. The molecule has 0 aliphatic rings. The van der Waals surface area contributed by atoms with Crippen molar-refractivity contribution in [2.75, 3.05) is 0 Å². The van der Waals surface area contributed by atoms with E-state index < -0.39 is 0 Å². The number of unbranched alkanes of at least 4 members (excludes halogenated alkanes) is 3. The highest BCUT2D eigenvalue weighted by atomic mass is 14.2. The largest absolute Gasteiger partial charge is 0.193 e. The summed E-state index contributed by atoms with van der Waals surface area (Å²) < 4.78 is 0. The molecule has 0 aliphatic carbocycles. The summed E-state index contributed by atoms with van der Waals surface area (Å²) in [5.74, 6) is 0. The molecule has 0 spiro atoms. The second kappa shape index (κ2) is 11.7. The van der Waals surface area contributed by atoms with Gasteiger partial charge < -0.3 is 0 Å². The number of nitrogens with zero attached hydrogens (tertiary/aromatic N) is 1. The van der Waals surface area contributed by atoms with Crippen LogP contribution in [0.25, 0.3) is 0 Å². The summed E-state index contributed by atoms with van der Waals surface area (Å²) in [6.07, 6.45) is 17.7. The van der Waals surface area contributed by atoms with E-state index in [1.54, 1.807) is 6.08 Å². The highest BCUT2D eigenvalue weighted by Crippen LogP contribution is 2.02. The van der Waals surface area contributed by atoms with E-state index in [9.17, 15) is 0 Å². The van der Waals surface area contributed by atoms with Crippen LogP contribution in [-0.2, 0) is 0 Å². The Morgan fingerprint density at radius 3 is 2.36 bits per heavy atom. The zero-order valence-corrected chi connectivity index (χ0v) is 8.95. The number of nitriles is 1. The van der Waals surface area contributed by atoms with Gasteiger partial charge in [0.15, 0.2) is 0 Å². The van der Waals surface area contributed by atoms with Gasteiger partial charge >= 0.3 is 0 Å². The van der Waals surface area contributed by atoms with E-state index in [-0.39, 0.29) is 0 Å². The molecule has 0 saturated carbocycles. The van der Waals surface area contributed by atoms with Crippen LogP contribution in [0.15, 0.2) is 36.5 Å². The van der Waals surface area contributed by atoms with Crippen molar-refractivity contribution >= 4 is 0 Å². The molecule has 0 amide bonds. The van der Waals surface area contributed by atoms with E-state index in [0.29, 0.717) is 0 Å². The van der Waals surface area contributed by atoms with E-state index in [1.165, 1.54) is 12.8 Å². The van der Waals surface area contributed by atoms with E-state index in [4.69, 9.17) is 5.26 Å². The van der Waals surface area contributed by atoms with E-state index in [0.717, 1.165) is 19.3 Å². The molecule has 0 aliphatic heterocycles. The average Bonchev–Trinajstić information content (AvgIpc) is 2.21. The first kappa shape index (κ1) is 12.7. The van der Waals surface area contributed by atoms with Crippen LogP contribution < -0.4 is 0 Å². The van der Waals surface area contributed by atoms with Crippen molar-refractivity contribution in [2.45, 2.75) is 39.0 Å². The predicted molar refractivity (Wildman–Crippen MR) is 61.8 cm³/mol. The van der Waals surface area contributed by atoms with Crippen molar-refractivity contribution in [1.29, 1.82) is 5.26 Å². The molecule has 0 rings (SSSR count). The van der Waals surface area contributed by atoms with Gasteiger partial charge in [0.1, 0.15) is 0 Å². The molecular formula is C13H19N. The highest BCUT2D eigenvalue weighted by Gasteiger charge is 1.82. The molecule has 14 heavy (non-hydrogen) atoms. The Hall–Kier alpha value is -1.29. The van der Waals surface area contributed by atoms with Gasteiger partial charge in [-0.05, 0) is 39.0 Å². The summed E-state index contributed by atoms with van der Waals surface area (Å²) in [4.78, 5) is 0. The minimum atomic E-state index is 1.02. The Balaban J connectivity index is 3.17. The van der Waals surface area contributed by atoms with Crippen LogP contribution >= 0.6 is 0 Å². The lowest BCUT2D eigenvalue weighted by Gasteiger charge is -1.91. The second-order valence-corrected chi connectivity index (χ2v) is 3.09.